The van der Waals surface area contributed by atoms with E-state index in [-0.39, 0.29) is 17.7 Å². The fourth-order valence-corrected chi connectivity index (χ4v) is 4.37. The summed E-state index contributed by atoms with van der Waals surface area (Å²) < 4.78 is 0. The normalized spacial score (nSPS) is 21.5. The van der Waals surface area contributed by atoms with Crippen LogP contribution in [0.3, 0.4) is 0 Å². The molecule has 1 atom stereocenters. The molecule has 2 aliphatic rings. The van der Waals surface area contributed by atoms with E-state index in [9.17, 15) is 9.59 Å². The third kappa shape index (κ3) is 5.71. The minimum Gasteiger partial charge on any atom is -0.356 e. The van der Waals surface area contributed by atoms with Crippen LogP contribution in [0.5, 0.6) is 0 Å². The van der Waals surface area contributed by atoms with Crippen molar-refractivity contribution >= 4 is 23.4 Å². The van der Waals surface area contributed by atoms with E-state index in [4.69, 9.17) is 11.6 Å². The summed E-state index contributed by atoms with van der Waals surface area (Å²) in [5.74, 6) is 0.180. The minimum absolute atomic E-state index is 0.0168. The number of hydrogen-bond donors (Lipinski definition) is 1. The van der Waals surface area contributed by atoms with E-state index in [0.29, 0.717) is 29.7 Å². The molecule has 2 fully saturated rings. The second-order valence-electron chi connectivity index (χ2n) is 8.10. The van der Waals surface area contributed by atoms with Gasteiger partial charge in [0.15, 0.2) is 0 Å². The van der Waals surface area contributed by atoms with E-state index in [1.807, 2.05) is 4.90 Å². The van der Waals surface area contributed by atoms with Gasteiger partial charge >= 0.3 is 0 Å². The van der Waals surface area contributed by atoms with Crippen molar-refractivity contribution in [3.63, 3.8) is 0 Å². The van der Waals surface area contributed by atoms with Crippen molar-refractivity contribution in [2.75, 3.05) is 32.7 Å². The van der Waals surface area contributed by atoms with Gasteiger partial charge in [-0.15, -0.1) is 0 Å². The van der Waals surface area contributed by atoms with Crippen molar-refractivity contribution in [2.24, 2.45) is 5.92 Å². The maximum Gasteiger partial charge on any atom is 0.253 e. The first kappa shape index (κ1) is 21.1. The van der Waals surface area contributed by atoms with Crippen LogP contribution in [0.4, 0.5) is 0 Å². The van der Waals surface area contributed by atoms with E-state index in [0.717, 1.165) is 32.4 Å². The first-order chi connectivity index (χ1) is 13.5. The zero-order valence-corrected chi connectivity index (χ0v) is 17.6. The molecule has 3 rings (SSSR count). The lowest BCUT2D eigenvalue weighted by Crippen LogP contribution is -2.43. The molecule has 0 aromatic heterocycles. The average Bonchev–Trinajstić information content (AvgIpc) is 2.72. The molecule has 0 spiro atoms. The van der Waals surface area contributed by atoms with Crippen LogP contribution in [0.15, 0.2) is 24.3 Å². The second kappa shape index (κ2) is 10.3. The number of carbonyl (C=O) groups excluding carboxylic acids is 2. The molecule has 1 aromatic rings. The van der Waals surface area contributed by atoms with Crippen molar-refractivity contribution in [3.05, 3.63) is 34.9 Å². The van der Waals surface area contributed by atoms with Crippen LogP contribution >= 0.6 is 11.6 Å². The summed E-state index contributed by atoms with van der Waals surface area (Å²) in [7, 11) is 0. The van der Waals surface area contributed by atoms with E-state index in [1.54, 1.807) is 24.3 Å². The molecule has 1 aromatic carbocycles. The fraction of sp³-hybridized carbons (Fsp3) is 0.636. The molecule has 6 heteroatoms. The van der Waals surface area contributed by atoms with Gasteiger partial charge in [0, 0.05) is 48.7 Å². The topological polar surface area (TPSA) is 52.7 Å². The molecule has 1 N–H and O–H groups in total. The first-order valence-corrected chi connectivity index (χ1v) is 11.0. The number of likely N-dealkylation sites (tertiary alicyclic amines) is 2. The van der Waals surface area contributed by atoms with Gasteiger partial charge in [-0.1, -0.05) is 18.0 Å². The molecular weight excluding hydrogens is 374 g/mol. The van der Waals surface area contributed by atoms with Gasteiger partial charge < -0.3 is 15.1 Å². The van der Waals surface area contributed by atoms with Crippen LogP contribution in [0, 0.1) is 5.92 Å². The number of benzene rings is 1. The monoisotopic (exact) mass is 405 g/mol. The van der Waals surface area contributed by atoms with Gasteiger partial charge in [0.25, 0.3) is 5.91 Å². The zero-order chi connectivity index (χ0) is 19.9. The van der Waals surface area contributed by atoms with Gasteiger partial charge in [0.2, 0.25) is 5.91 Å². The summed E-state index contributed by atoms with van der Waals surface area (Å²) in [5.41, 5.74) is 0.652. The van der Waals surface area contributed by atoms with Crippen LogP contribution in [0.25, 0.3) is 0 Å². The van der Waals surface area contributed by atoms with Crippen LogP contribution < -0.4 is 5.32 Å². The maximum absolute atomic E-state index is 12.6. The predicted molar refractivity (Wildman–Crippen MR) is 113 cm³/mol. The molecule has 0 unspecified atom stereocenters. The number of nitrogens with one attached hydrogen (secondary N) is 1. The minimum atomic E-state index is 0.0168. The number of nitrogens with zero attached hydrogens (tertiary/aromatic N) is 2. The van der Waals surface area contributed by atoms with Crippen molar-refractivity contribution in [1.82, 2.24) is 15.1 Å². The number of amides is 2. The number of hydrogen-bond acceptors (Lipinski definition) is 3. The highest BCUT2D eigenvalue weighted by Gasteiger charge is 2.27. The standard InChI is InChI=1S/C22H32ClN3O2/c1-17-5-2-3-13-25(17)14-4-12-24-21(27)18-10-15-26(16-11-18)22(28)19-6-8-20(23)9-7-19/h6-9,17-18H,2-5,10-16H2,1H3,(H,24,27)/t17-/m0/s1. The van der Waals surface area contributed by atoms with Crippen molar-refractivity contribution in [3.8, 4) is 0 Å². The highest BCUT2D eigenvalue weighted by atomic mass is 35.5. The number of carbonyl (C=O) groups is 2. The van der Waals surface area contributed by atoms with E-state index >= 15 is 0 Å². The summed E-state index contributed by atoms with van der Waals surface area (Å²) >= 11 is 5.89. The van der Waals surface area contributed by atoms with Crippen molar-refractivity contribution in [1.29, 1.82) is 0 Å². The second-order valence-corrected chi connectivity index (χ2v) is 8.54. The van der Waals surface area contributed by atoms with Gasteiger partial charge in [0.1, 0.15) is 0 Å². The summed E-state index contributed by atoms with van der Waals surface area (Å²) in [6.07, 6.45) is 6.39. The SMILES string of the molecule is C[C@H]1CCCCN1CCCNC(=O)C1CCN(C(=O)c2ccc(Cl)cc2)CC1. The molecule has 2 saturated heterocycles. The van der Waals surface area contributed by atoms with Crippen LogP contribution in [0.1, 0.15) is 55.8 Å². The van der Waals surface area contributed by atoms with E-state index in [1.165, 1.54) is 25.8 Å². The number of rotatable bonds is 6. The van der Waals surface area contributed by atoms with E-state index < -0.39 is 0 Å². The van der Waals surface area contributed by atoms with Gasteiger partial charge in [-0.2, -0.15) is 0 Å². The maximum atomic E-state index is 12.6. The van der Waals surface area contributed by atoms with Crippen molar-refractivity contribution in [2.45, 2.75) is 51.5 Å². The lowest BCUT2D eigenvalue weighted by Gasteiger charge is -2.33. The summed E-state index contributed by atoms with van der Waals surface area (Å²) in [6.45, 7) is 6.56. The highest BCUT2D eigenvalue weighted by molar-refractivity contribution is 6.30. The number of piperidine rings is 2. The first-order valence-electron chi connectivity index (χ1n) is 10.6. The van der Waals surface area contributed by atoms with Gasteiger partial charge in [0.05, 0.1) is 0 Å². The Morgan fingerprint density at radius 1 is 1.07 bits per heavy atom. The lowest BCUT2D eigenvalue weighted by molar-refractivity contribution is -0.126. The molecule has 154 valence electrons. The Hall–Kier alpha value is -1.59. The Labute approximate surface area is 173 Å². The Balaban J connectivity index is 1.35. The Kier molecular flexibility index (Phi) is 7.74. The largest absolute Gasteiger partial charge is 0.356 e. The fourth-order valence-electron chi connectivity index (χ4n) is 4.25. The molecule has 2 aliphatic heterocycles. The summed E-state index contributed by atoms with van der Waals surface area (Å²) in [5, 5.41) is 3.73. The molecular formula is C22H32ClN3O2. The van der Waals surface area contributed by atoms with Crippen LogP contribution in [-0.4, -0.2) is 60.4 Å². The van der Waals surface area contributed by atoms with Gasteiger partial charge in [-0.25, -0.2) is 0 Å². The molecule has 28 heavy (non-hydrogen) atoms. The van der Waals surface area contributed by atoms with Crippen molar-refractivity contribution < 1.29 is 9.59 Å². The Morgan fingerprint density at radius 3 is 2.46 bits per heavy atom. The zero-order valence-electron chi connectivity index (χ0n) is 16.8. The number of halogens is 1. The summed E-state index contributed by atoms with van der Waals surface area (Å²) in [4.78, 5) is 29.4. The third-order valence-corrected chi connectivity index (χ3v) is 6.36. The molecule has 2 heterocycles. The molecule has 0 radical (unpaired) electrons. The lowest BCUT2D eigenvalue weighted by atomic mass is 9.95. The van der Waals surface area contributed by atoms with Gasteiger partial charge in [-0.3, -0.25) is 9.59 Å². The quantitative estimate of drug-likeness (QED) is 0.736. The Morgan fingerprint density at radius 2 is 1.79 bits per heavy atom. The molecule has 2 amide bonds. The average molecular weight is 406 g/mol. The summed E-state index contributed by atoms with van der Waals surface area (Å²) in [6, 6.07) is 7.66. The van der Waals surface area contributed by atoms with E-state index in [2.05, 4.69) is 17.1 Å². The highest BCUT2D eigenvalue weighted by Crippen LogP contribution is 2.20. The Bertz CT molecular complexity index is 656. The molecule has 0 saturated carbocycles. The third-order valence-electron chi connectivity index (χ3n) is 6.11. The molecule has 0 bridgehead atoms. The van der Waals surface area contributed by atoms with Gasteiger partial charge in [-0.05, 0) is 69.8 Å². The smallest absolute Gasteiger partial charge is 0.253 e. The van der Waals surface area contributed by atoms with Crippen LogP contribution in [0.2, 0.25) is 5.02 Å². The molecule has 0 aliphatic carbocycles. The van der Waals surface area contributed by atoms with Crippen LogP contribution in [-0.2, 0) is 4.79 Å². The predicted octanol–water partition coefficient (Wildman–Crippen LogP) is 3.57. The molecule has 5 nitrogen and oxygen atoms in total.